The number of anilines is 1. The molecule has 1 heterocycles. The Balaban J connectivity index is -0.000000478. The molecule has 6 heteroatoms. The third kappa shape index (κ3) is 18.6. The van der Waals surface area contributed by atoms with E-state index in [1.54, 1.807) is 19.2 Å². The quantitative estimate of drug-likeness (QED) is 0.0902. The summed E-state index contributed by atoms with van der Waals surface area (Å²) in [6.45, 7) is 18.8. The number of hydrogen-bond acceptors (Lipinski definition) is 5. The molecule has 35 heavy (non-hydrogen) atoms. The number of pyridine rings is 1. The van der Waals surface area contributed by atoms with Crippen molar-refractivity contribution >= 4 is 17.3 Å². The summed E-state index contributed by atoms with van der Waals surface area (Å²) in [7, 11) is 1.84. The van der Waals surface area contributed by atoms with Gasteiger partial charge in [-0.15, -0.1) is 18.6 Å². The normalized spacial score (nSPS) is 11.1. The van der Waals surface area contributed by atoms with Crippen LogP contribution in [0.5, 0.6) is 0 Å². The average Bonchev–Trinajstić information content (AvgIpc) is 2.83. The number of terminal acetylenes is 1. The molecule has 0 radical (unpaired) electrons. The van der Waals surface area contributed by atoms with E-state index in [1.165, 1.54) is 0 Å². The van der Waals surface area contributed by atoms with Gasteiger partial charge in [0, 0.05) is 13.0 Å². The summed E-state index contributed by atoms with van der Waals surface area (Å²) in [5.74, 6) is 3.92. The minimum absolute atomic E-state index is 0. The number of aromatic nitrogens is 1. The van der Waals surface area contributed by atoms with Crippen molar-refractivity contribution in [3.63, 3.8) is 0 Å². The Labute approximate surface area is 257 Å². The second-order valence-electron chi connectivity index (χ2n) is 7.69. The molecule has 2 N–H and O–H groups in total. The number of ketones is 1. The molecule has 0 spiro atoms. The van der Waals surface area contributed by atoms with Gasteiger partial charge in [0.05, 0.1) is 11.5 Å². The largest absolute Gasteiger partial charge is 1.00 e. The van der Waals surface area contributed by atoms with Crippen LogP contribution in [0.25, 0.3) is 0 Å². The Kier molecular flexibility index (Phi) is 28.1. The molecule has 1 aromatic rings. The van der Waals surface area contributed by atoms with Crippen LogP contribution in [0.2, 0.25) is 0 Å². The predicted molar refractivity (Wildman–Crippen MR) is 147 cm³/mol. The Bertz CT molecular complexity index is 800. The Morgan fingerprint density at radius 2 is 1.83 bits per heavy atom. The van der Waals surface area contributed by atoms with Crippen LogP contribution >= 0.6 is 0 Å². The fraction of sp³-hybridized carbons (Fsp3) is 0.448. The molecule has 0 fully saturated rings. The molecule has 0 unspecified atom stereocenters. The van der Waals surface area contributed by atoms with Crippen LogP contribution in [0.15, 0.2) is 47.3 Å². The van der Waals surface area contributed by atoms with E-state index in [4.69, 9.17) is 6.42 Å². The molecule has 0 atom stereocenters. The second kappa shape index (κ2) is 25.7. The van der Waals surface area contributed by atoms with Gasteiger partial charge in [0.15, 0.2) is 0 Å². The fourth-order valence-corrected chi connectivity index (χ4v) is 3.12. The summed E-state index contributed by atoms with van der Waals surface area (Å²) in [4.78, 5) is 14.5. The molecule has 1 aromatic heterocycles. The average molecular weight is 506 g/mol. The van der Waals surface area contributed by atoms with E-state index in [-0.39, 0.29) is 63.1 Å². The molecule has 0 saturated heterocycles. The van der Waals surface area contributed by atoms with Crippen LogP contribution in [0.3, 0.4) is 0 Å². The van der Waals surface area contributed by atoms with E-state index in [9.17, 15) is 10.0 Å². The van der Waals surface area contributed by atoms with Gasteiger partial charge in [0.2, 0.25) is 0 Å². The molecule has 190 valence electrons. The number of nitrogens with zero attached hydrogens (tertiary/aromatic N) is 2. The van der Waals surface area contributed by atoms with Gasteiger partial charge >= 0.3 is 51.4 Å². The van der Waals surface area contributed by atoms with E-state index in [1.807, 2.05) is 38.3 Å². The van der Waals surface area contributed by atoms with E-state index in [2.05, 4.69) is 56.0 Å². The van der Waals surface area contributed by atoms with E-state index in [0.717, 1.165) is 48.3 Å². The van der Waals surface area contributed by atoms with Crippen molar-refractivity contribution in [3.05, 3.63) is 68.5 Å². The standard InChI is InChI=1S/C15H23NO.C7H9N2.C7H12O.K/c1-5-9-12-13(8-4)15(16-17)14(10-6-2)11-7-3;1-6-3-4-9-7(5-6)8-2;1-4-7(5-2)6(3)8;/h1,8-9,12,14,17H,6-7,10-11H2,2-4H3;3-5H,1H2,2H3,(H,8,9);7H,1-2,4-5H2,3H3;/q;-1;-2;+1/b12-9-,13-8+,16-15?;;;. The molecule has 0 aliphatic carbocycles. The van der Waals surface area contributed by atoms with Crippen molar-refractivity contribution in [2.24, 2.45) is 17.0 Å². The molecule has 0 aromatic carbocycles. The van der Waals surface area contributed by atoms with E-state index in [0.29, 0.717) is 18.8 Å². The Morgan fingerprint density at radius 3 is 2.11 bits per heavy atom. The first kappa shape index (κ1) is 38.2. The summed E-state index contributed by atoms with van der Waals surface area (Å²) in [6, 6.07) is 3.75. The number of nitrogens with one attached hydrogen (secondary N) is 1. The molecule has 5 nitrogen and oxygen atoms in total. The maximum atomic E-state index is 10.5. The zero-order valence-electron chi connectivity index (χ0n) is 22.8. The Morgan fingerprint density at radius 1 is 1.26 bits per heavy atom. The maximum absolute atomic E-state index is 10.5. The van der Waals surface area contributed by atoms with Gasteiger partial charge in [-0.2, -0.15) is 25.3 Å². The number of carbonyl (C=O) groups is 1. The van der Waals surface area contributed by atoms with Gasteiger partial charge in [0.25, 0.3) is 0 Å². The van der Waals surface area contributed by atoms with Crippen molar-refractivity contribution in [1.82, 2.24) is 4.98 Å². The number of rotatable bonds is 11. The molecule has 0 amide bonds. The SMILES string of the molecule is C#C/C=C\C(=C/C)C(=NO)C(CCC)CCC.[CH2-]CC(C[CH2-])C(C)=O.[CH2-]c1ccnc(NC)c1.[K+]. The van der Waals surface area contributed by atoms with Crippen molar-refractivity contribution in [2.45, 2.75) is 66.2 Å². The summed E-state index contributed by atoms with van der Waals surface area (Å²) in [6.07, 6.45) is 17.9. The van der Waals surface area contributed by atoms with Gasteiger partial charge in [0.1, 0.15) is 5.78 Å². The maximum Gasteiger partial charge on any atom is 1.00 e. The monoisotopic (exact) mass is 505 g/mol. The first-order valence-electron chi connectivity index (χ1n) is 11.9. The van der Waals surface area contributed by atoms with E-state index < -0.39 is 0 Å². The van der Waals surface area contributed by atoms with Crippen LogP contribution in [0, 0.1) is 45.0 Å². The van der Waals surface area contributed by atoms with Crippen molar-refractivity contribution in [3.8, 4) is 12.3 Å². The molecular weight excluding hydrogens is 461 g/mol. The summed E-state index contributed by atoms with van der Waals surface area (Å²) >= 11 is 0. The third-order valence-electron chi connectivity index (χ3n) is 5.09. The first-order chi connectivity index (χ1) is 16.3. The second-order valence-corrected chi connectivity index (χ2v) is 7.69. The topological polar surface area (TPSA) is 74.6 Å². The zero-order chi connectivity index (χ0) is 26.4. The Hall–Kier alpha value is -1.36. The number of carbonyl (C=O) groups excluding carboxylic acids is 1. The van der Waals surface area contributed by atoms with Gasteiger partial charge < -0.3 is 24.4 Å². The van der Waals surface area contributed by atoms with Gasteiger partial charge in [-0.05, 0) is 56.5 Å². The number of allylic oxidation sites excluding steroid dienone is 4. The van der Waals surface area contributed by atoms with Crippen molar-refractivity contribution in [1.29, 1.82) is 0 Å². The minimum atomic E-state index is 0. The number of oxime groups is 1. The van der Waals surface area contributed by atoms with Gasteiger partial charge in [-0.3, -0.25) is 9.78 Å². The molecule has 1 rings (SSSR count). The molecule has 0 aliphatic heterocycles. The first-order valence-corrected chi connectivity index (χ1v) is 11.9. The zero-order valence-corrected chi connectivity index (χ0v) is 25.9. The number of hydrogen-bond donors (Lipinski definition) is 2. The summed E-state index contributed by atoms with van der Waals surface area (Å²) < 4.78 is 0. The van der Waals surface area contributed by atoms with Crippen LogP contribution in [0.4, 0.5) is 5.82 Å². The summed E-state index contributed by atoms with van der Waals surface area (Å²) in [5.41, 5.74) is 2.65. The molecule has 0 bridgehead atoms. The van der Waals surface area contributed by atoms with Crippen LogP contribution in [-0.2, 0) is 4.79 Å². The fourth-order valence-electron chi connectivity index (χ4n) is 3.12. The molecular formula is C29H44KN3O2-2. The van der Waals surface area contributed by atoms with Crippen LogP contribution in [-0.4, -0.2) is 28.7 Å². The smallest absolute Gasteiger partial charge is 0.411 e. The van der Waals surface area contributed by atoms with Gasteiger partial charge in [-0.25, -0.2) is 0 Å². The molecule has 0 saturated carbocycles. The van der Waals surface area contributed by atoms with Crippen molar-refractivity contribution < 1.29 is 61.4 Å². The van der Waals surface area contributed by atoms with E-state index >= 15 is 0 Å². The predicted octanol–water partition coefficient (Wildman–Crippen LogP) is 4.12. The third-order valence-corrected chi connectivity index (χ3v) is 5.09. The van der Waals surface area contributed by atoms with Crippen molar-refractivity contribution in [2.75, 3.05) is 12.4 Å². The number of Topliss-reactive ketones (excluding diaryl/α,β-unsaturated/α-hetero) is 1. The molecule has 0 aliphatic rings. The minimum Gasteiger partial charge on any atom is -0.411 e. The van der Waals surface area contributed by atoms with Gasteiger partial charge in [-0.1, -0.05) is 43.8 Å². The summed E-state index contributed by atoms with van der Waals surface area (Å²) in [5, 5.41) is 15.6. The van der Waals surface area contributed by atoms with Crippen LogP contribution < -0.4 is 56.7 Å². The van der Waals surface area contributed by atoms with Crippen LogP contribution in [0.1, 0.15) is 71.8 Å².